The van der Waals surface area contributed by atoms with Gasteiger partial charge >= 0.3 is 5.97 Å². The number of methoxy groups -OCH3 is 1. The zero-order valence-corrected chi connectivity index (χ0v) is 23.5. The Bertz CT molecular complexity index is 1020. The molecule has 0 saturated carbocycles. The average Bonchev–Trinajstić information content (AvgIpc) is 2.95. The van der Waals surface area contributed by atoms with Gasteiger partial charge in [0.15, 0.2) is 12.4 Å². The van der Waals surface area contributed by atoms with Crippen molar-refractivity contribution in [1.82, 2.24) is 0 Å². The minimum Gasteiger partial charge on any atom is -0.550 e. The molecule has 3 heterocycles. The Balaban J connectivity index is 1.95. The van der Waals surface area contributed by atoms with Gasteiger partial charge in [-0.05, 0) is 13.3 Å². The van der Waals surface area contributed by atoms with Crippen molar-refractivity contribution in [2.45, 2.75) is 55.6 Å². The molecule has 3 unspecified atom stereocenters. The van der Waals surface area contributed by atoms with E-state index in [1.807, 2.05) is 0 Å². The summed E-state index contributed by atoms with van der Waals surface area (Å²) >= 11 is 0. The molecule has 7 N–H and O–H groups in total. The maximum Gasteiger partial charge on any atom is 0.340 e. The molecule has 10 atom stereocenters. The van der Waals surface area contributed by atoms with E-state index in [9.17, 15) is 45.3 Å². The van der Waals surface area contributed by atoms with Gasteiger partial charge in [-0.2, -0.15) is 0 Å². The molecular weight excluding hydrogens is 562 g/mol. The molecular formula is C27H41NO14. The summed E-state index contributed by atoms with van der Waals surface area (Å²) in [4.78, 5) is 25.2. The number of esters is 1. The number of quaternary nitrogens is 1. The maximum atomic E-state index is 12.7. The Labute approximate surface area is 242 Å². The number of ether oxygens (including phenoxy) is 5. The van der Waals surface area contributed by atoms with Crippen LogP contribution in [0.1, 0.15) is 13.3 Å². The third kappa shape index (κ3) is 7.02. The monoisotopic (exact) mass is 603 g/mol. The van der Waals surface area contributed by atoms with Gasteiger partial charge in [-0.25, -0.2) is 4.79 Å². The second-order valence-corrected chi connectivity index (χ2v) is 10.6. The van der Waals surface area contributed by atoms with Crippen molar-refractivity contribution in [3.63, 3.8) is 0 Å². The van der Waals surface area contributed by atoms with E-state index in [4.69, 9.17) is 23.7 Å². The number of hydrogen-bond donors (Lipinski definition) is 7. The van der Waals surface area contributed by atoms with E-state index in [1.165, 1.54) is 12.2 Å². The summed E-state index contributed by atoms with van der Waals surface area (Å²) < 4.78 is 27.2. The number of nitrogens with one attached hydrogen (secondary N) is 1. The fourth-order valence-electron chi connectivity index (χ4n) is 5.66. The molecule has 3 aliphatic heterocycles. The number of carbonyl (C=O) groups is 2. The van der Waals surface area contributed by atoms with Crippen molar-refractivity contribution in [3.05, 3.63) is 36.6 Å². The van der Waals surface area contributed by atoms with E-state index < -0.39 is 72.7 Å². The van der Waals surface area contributed by atoms with Crippen LogP contribution in [0.5, 0.6) is 0 Å². The summed E-state index contributed by atoms with van der Waals surface area (Å²) in [6, 6.07) is 0. The largest absolute Gasteiger partial charge is 0.550 e. The Hall–Kier alpha value is -2.44. The van der Waals surface area contributed by atoms with Crippen LogP contribution in [0.2, 0.25) is 0 Å². The summed E-state index contributed by atoms with van der Waals surface area (Å²) in [6.07, 6.45) is -3.06. The molecule has 3 aliphatic rings. The highest BCUT2D eigenvalue weighted by Crippen LogP contribution is 2.40. The van der Waals surface area contributed by atoms with E-state index in [-0.39, 0.29) is 37.7 Å². The summed E-state index contributed by atoms with van der Waals surface area (Å²) in [7, 11) is 1.10. The molecule has 3 rings (SSSR count). The van der Waals surface area contributed by atoms with Gasteiger partial charge in [0.05, 0.1) is 45.3 Å². The van der Waals surface area contributed by atoms with Gasteiger partial charge in [-0.3, -0.25) is 0 Å². The fraction of sp³-hybridized carbons (Fsp3) is 0.704. The van der Waals surface area contributed by atoms with Crippen molar-refractivity contribution in [3.8, 4) is 0 Å². The van der Waals surface area contributed by atoms with Gasteiger partial charge in [0, 0.05) is 18.4 Å². The first kappa shape index (κ1) is 34.1. The molecule has 15 nitrogen and oxygen atoms in total. The number of hydrogen-bond acceptors (Lipinski definition) is 14. The van der Waals surface area contributed by atoms with Gasteiger partial charge in [-0.15, -0.1) is 6.58 Å². The van der Waals surface area contributed by atoms with E-state index in [1.54, 1.807) is 13.0 Å². The van der Waals surface area contributed by atoms with Crippen LogP contribution >= 0.6 is 0 Å². The molecule has 0 bridgehead atoms. The van der Waals surface area contributed by atoms with Crippen molar-refractivity contribution in [2.75, 3.05) is 46.6 Å². The number of carboxylic acid groups (broad SMARTS) is 1. The van der Waals surface area contributed by atoms with Crippen LogP contribution in [0.25, 0.3) is 0 Å². The highest BCUT2D eigenvalue weighted by atomic mass is 16.8. The topological polar surface area (TPSA) is 229 Å². The van der Waals surface area contributed by atoms with Crippen LogP contribution in [0.15, 0.2) is 36.6 Å². The van der Waals surface area contributed by atoms with Gasteiger partial charge in [0.1, 0.15) is 36.2 Å². The van der Waals surface area contributed by atoms with Crippen LogP contribution in [0.4, 0.5) is 0 Å². The van der Waals surface area contributed by atoms with Crippen molar-refractivity contribution < 1.29 is 73.9 Å². The normalized spacial score (nSPS) is 38.4. The minimum absolute atomic E-state index is 0.0493. The number of likely N-dealkylation sites (tertiary alicyclic amines) is 1. The number of carboxylic acids is 1. The van der Waals surface area contributed by atoms with Gasteiger partial charge in [-0.1, -0.05) is 18.2 Å². The molecule has 15 heteroatoms. The second kappa shape index (κ2) is 14.4. The highest BCUT2D eigenvalue weighted by molar-refractivity contribution is 5.91. The molecule has 0 aromatic carbocycles. The Morgan fingerprint density at radius 2 is 1.95 bits per heavy atom. The first-order valence-electron chi connectivity index (χ1n) is 13.7. The van der Waals surface area contributed by atoms with Crippen molar-refractivity contribution in [1.29, 1.82) is 0 Å². The number of rotatable bonds is 12. The summed E-state index contributed by atoms with van der Waals surface area (Å²) in [6.45, 7) is 5.31. The van der Waals surface area contributed by atoms with E-state index in [2.05, 4.69) is 6.58 Å². The predicted molar refractivity (Wildman–Crippen MR) is 137 cm³/mol. The molecule has 0 spiro atoms. The molecule has 2 saturated heterocycles. The molecule has 0 aromatic rings. The molecule has 238 valence electrons. The van der Waals surface area contributed by atoms with Gasteiger partial charge in [0.25, 0.3) is 0 Å². The lowest BCUT2D eigenvalue weighted by molar-refractivity contribution is -0.911. The third-order valence-corrected chi connectivity index (χ3v) is 7.86. The van der Waals surface area contributed by atoms with Crippen LogP contribution in [-0.2, 0) is 33.3 Å². The molecule has 0 radical (unpaired) electrons. The molecule has 42 heavy (non-hydrogen) atoms. The standard InChI is InChI=1S/C27H41NO14/c1-4-17-24(42-25-21(39-5-2)27(36,37)20(31)19(13-30)41-25)40-14-18(23(34)38-3)26(17,35)7-6-15-10-16(22(32)33)12-28(11-15)8-9-29/h4,6-7,14-17,19-21,24-25,29-31,35-37H,1,5,8-13H2,2-3H3,(H,32,33)/t15?,16?,17-,19+,20+,21+,24+,25-,26+/m0/s1. The fourth-order valence-corrected chi connectivity index (χ4v) is 5.66. The summed E-state index contributed by atoms with van der Waals surface area (Å²) in [5.41, 5.74) is -2.50. The summed E-state index contributed by atoms with van der Waals surface area (Å²) in [5, 5.41) is 74.1. The number of aliphatic carboxylic acids is 1. The van der Waals surface area contributed by atoms with Crippen molar-refractivity contribution in [2.24, 2.45) is 17.8 Å². The van der Waals surface area contributed by atoms with Crippen LogP contribution in [0.3, 0.4) is 0 Å². The van der Waals surface area contributed by atoms with E-state index >= 15 is 0 Å². The minimum atomic E-state index is -2.91. The Kier molecular flexibility index (Phi) is 11.6. The molecule has 0 aliphatic carbocycles. The number of aliphatic hydroxyl groups excluding tert-OH is 3. The average molecular weight is 604 g/mol. The zero-order chi connectivity index (χ0) is 31.2. The lowest BCUT2D eigenvalue weighted by Crippen LogP contribution is -3.15. The number of piperidine rings is 1. The number of carbonyl (C=O) groups excluding carboxylic acids is 2. The predicted octanol–water partition coefficient (Wildman–Crippen LogP) is -5.07. The lowest BCUT2D eigenvalue weighted by atomic mass is 9.77. The molecule has 2 fully saturated rings. The molecule has 0 aromatic heterocycles. The first-order chi connectivity index (χ1) is 19.9. The Morgan fingerprint density at radius 3 is 2.52 bits per heavy atom. The second-order valence-electron chi connectivity index (χ2n) is 10.6. The zero-order valence-electron chi connectivity index (χ0n) is 23.5. The number of aliphatic hydroxyl groups is 6. The summed E-state index contributed by atoms with van der Waals surface area (Å²) in [5.74, 6) is -7.52. The van der Waals surface area contributed by atoms with E-state index in [0.717, 1.165) is 18.3 Å². The van der Waals surface area contributed by atoms with Gasteiger partial charge < -0.3 is 69.1 Å². The van der Waals surface area contributed by atoms with Gasteiger partial charge in [0.2, 0.25) is 12.1 Å². The first-order valence-corrected chi connectivity index (χ1v) is 13.7. The van der Waals surface area contributed by atoms with Crippen molar-refractivity contribution >= 4 is 11.9 Å². The SMILES string of the molecule is C=C[C@H]1[C@@H](O[C@@H]2O[C@H](CO)[C@@H](O)C(O)(O)[C@@H]2OCC)OC=C(C(=O)OC)[C@@]1(O)C=CC1CC(C(=O)[O-])C[NH+](CCO)C1. The van der Waals surface area contributed by atoms with Crippen LogP contribution < -0.4 is 10.0 Å². The Morgan fingerprint density at radius 1 is 1.24 bits per heavy atom. The smallest absolute Gasteiger partial charge is 0.340 e. The van der Waals surface area contributed by atoms with E-state index in [0.29, 0.717) is 13.1 Å². The highest BCUT2D eigenvalue weighted by Gasteiger charge is 2.58. The maximum absolute atomic E-state index is 12.7. The van der Waals surface area contributed by atoms with Crippen LogP contribution in [0, 0.1) is 17.8 Å². The third-order valence-electron chi connectivity index (χ3n) is 7.86. The molecule has 0 amide bonds. The quantitative estimate of drug-likeness (QED) is 0.0629. The lowest BCUT2D eigenvalue weighted by Gasteiger charge is -2.48. The van der Waals surface area contributed by atoms with Crippen LogP contribution in [-0.4, -0.2) is 131 Å².